The Bertz CT molecular complexity index is 801. The summed E-state index contributed by atoms with van der Waals surface area (Å²) in [5.41, 5.74) is 0.878. The molecule has 0 spiro atoms. The third-order valence-electron chi connectivity index (χ3n) is 3.41. The molecule has 20 heavy (non-hydrogen) atoms. The molecule has 3 rings (SSSR count). The van der Waals surface area contributed by atoms with Crippen LogP contribution >= 0.6 is 39.1 Å². The van der Waals surface area contributed by atoms with Gasteiger partial charge in [0.25, 0.3) is 0 Å². The molecule has 0 aromatic heterocycles. The van der Waals surface area contributed by atoms with Crippen LogP contribution in [-0.2, 0) is 0 Å². The molecule has 0 amide bonds. The lowest BCUT2D eigenvalue weighted by atomic mass is 9.95. The summed E-state index contributed by atoms with van der Waals surface area (Å²) >= 11 is 15.5. The minimum atomic E-state index is -0.568. The molecule has 0 aliphatic carbocycles. The largest absolute Gasteiger partial charge is 0.388 e. The van der Waals surface area contributed by atoms with Gasteiger partial charge in [-0.15, -0.1) is 0 Å². The minimum absolute atomic E-state index is 0.483. The van der Waals surface area contributed by atoms with E-state index in [0.29, 0.717) is 15.4 Å². The number of rotatable bonds is 2. The Morgan fingerprint density at radius 2 is 1.55 bits per heavy atom. The lowest BCUT2D eigenvalue weighted by molar-refractivity contribution is 0.207. The summed E-state index contributed by atoms with van der Waals surface area (Å²) in [6.45, 7) is 0. The molecule has 0 aliphatic rings. The van der Waals surface area contributed by atoms with Crippen LogP contribution in [0.3, 0.4) is 0 Å². The molecule has 0 radical (unpaired) electrons. The van der Waals surface area contributed by atoms with Crippen LogP contribution in [0.15, 0.2) is 42.5 Å². The molecule has 0 fully saturated rings. The predicted octanol–water partition coefficient (Wildman–Crippen LogP) is 5.73. The SMILES string of the molecule is O[C@H](CBr)c1cc2cc(Cl)ccc2c2cc(Cl)ccc12. The first-order valence-electron chi connectivity index (χ1n) is 6.15. The highest BCUT2D eigenvalue weighted by atomic mass is 79.9. The second-order valence-corrected chi connectivity index (χ2v) is 6.21. The monoisotopic (exact) mass is 368 g/mol. The third-order valence-corrected chi connectivity index (χ3v) is 4.50. The fraction of sp³-hybridized carbons (Fsp3) is 0.125. The van der Waals surface area contributed by atoms with E-state index in [0.717, 1.165) is 27.1 Å². The Morgan fingerprint density at radius 3 is 2.25 bits per heavy atom. The summed E-state index contributed by atoms with van der Waals surface area (Å²) < 4.78 is 0. The zero-order chi connectivity index (χ0) is 14.3. The van der Waals surface area contributed by atoms with Gasteiger partial charge in [-0.2, -0.15) is 0 Å². The Labute approximate surface area is 135 Å². The van der Waals surface area contributed by atoms with Crippen LogP contribution in [0.2, 0.25) is 10.0 Å². The van der Waals surface area contributed by atoms with Gasteiger partial charge in [0.2, 0.25) is 0 Å². The summed E-state index contributed by atoms with van der Waals surface area (Å²) in [4.78, 5) is 0. The van der Waals surface area contributed by atoms with Crippen LogP contribution in [0.5, 0.6) is 0 Å². The van der Waals surface area contributed by atoms with Crippen molar-refractivity contribution in [2.45, 2.75) is 6.10 Å². The number of halogens is 3. The number of aliphatic hydroxyl groups is 1. The normalized spacial score (nSPS) is 13.0. The summed E-state index contributed by atoms with van der Waals surface area (Å²) in [6.07, 6.45) is -0.568. The van der Waals surface area contributed by atoms with Crippen LogP contribution in [0.4, 0.5) is 0 Å². The maximum atomic E-state index is 10.2. The minimum Gasteiger partial charge on any atom is -0.388 e. The van der Waals surface area contributed by atoms with Crippen molar-refractivity contribution in [3.63, 3.8) is 0 Å². The average molecular weight is 370 g/mol. The molecule has 0 aliphatic heterocycles. The van der Waals surface area contributed by atoms with E-state index in [9.17, 15) is 5.11 Å². The summed E-state index contributed by atoms with van der Waals surface area (Å²) in [6, 6.07) is 13.5. The fourth-order valence-corrected chi connectivity index (χ4v) is 3.19. The van der Waals surface area contributed by atoms with Crippen molar-refractivity contribution in [3.05, 3.63) is 58.1 Å². The van der Waals surface area contributed by atoms with E-state index in [4.69, 9.17) is 23.2 Å². The van der Waals surface area contributed by atoms with Crippen LogP contribution in [0.25, 0.3) is 21.5 Å². The Morgan fingerprint density at radius 1 is 0.900 bits per heavy atom. The fourth-order valence-electron chi connectivity index (χ4n) is 2.49. The van der Waals surface area contributed by atoms with Crippen molar-refractivity contribution < 1.29 is 5.11 Å². The van der Waals surface area contributed by atoms with Crippen molar-refractivity contribution in [1.29, 1.82) is 0 Å². The van der Waals surface area contributed by atoms with Crippen molar-refractivity contribution >= 4 is 60.7 Å². The Kier molecular flexibility index (Phi) is 3.91. The number of benzene rings is 3. The van der Waals surface area contributed by atoms with E-state index in [-0.39, 0.29) is 0 Å². The molecule has 1 atom stereocenters. The van der Waals surface area contributed by atoms with E-state index < -0.39 is 6.10 Å². The van der Waals surface area contributed by atoms with Gasteiger partial charge >= 0.3 is 0 Å². The van der Waals surface area contributed by atoms with Gasteiger partial charge in [-0.3, -0.25) is 0 Å². The van der Waals surface area contributed by atoms with E-state index in [2.05, 4.69) is 15.9 Å². The van der Waals surface area contributed by atoms with Crippen LogP contribution in [0.1, 0.15) is 11.7 Å². The average Bonchev–Trinajstić information content (AvgIpc) is 2.45. The molecular formula is C16H11BrCl2O. The van der Waals surface area contributed by atoms with Crippen molar-refractivity contribution in [3.8, 4) is 0 Å². The number of hydrogen-bond acceptors (Lipinski definition) is 1. The molecule has 0 saturated carbocycles. The Hall–Kier alpha value is -0.800. The van der Waals surface area contributed by atoms with E-state index in [1.54, 1.807) is 0 Å². The molecule has 3 aromatic rings. The van der Waals surface area contributed by atoms with Crippen LogP contribution in [-0.4, -0.2) is 10.4 Å². The maximum absolute atomic E-state index is 10.2. The van der Waals surface area contributed by atoms with Gasteiger partial charge in [0.1, 0.15) is 0 Å². The smallest absolute Gasteiger partial charge is 0.0893 e. The van der Waals surface area contributed by atoms with Gasteiger partial charge < -0.3 is 5.11 Å². The Balaban J connectivity index is 2.47. The molecule has 1 N–H and O–H groups in total. The summed E-state index contributed by atoms with van der Waals surface area (Å²) in [5, 5.41) is 16.2. The lowest BCUT2D eigenvalue weighted by Gasteiger charge is -2.14. The molecule has 4 heteroatoms. The number of hydrogen-bond donors (Lipinski definition) is 1. The van der Waals surface area contributed by atoms with E-state index >= 15 is 0 Å². The first-order chi connectivity index (χ1) is 9.60. The molecule has 3 aromatic carbocycles. The van der Waals surface area contributed by atoms with Gasteiger partial charge in [0, 0.05) is 15.4 Å². The van der Waals surface area contributed by atoms with Crippen LogP contribution < -0.4 is 0 Å². The standard InChI is InChI=1S/C16H11BrCl2O/c17-8-16(20)15-6-9-5-10(18)1-3-12(9)14-7-11(19)2-4-13(14)15/h1-7,16,20H,8H2/t16-/m1/s1. The highest BCUT2D eigenvalue weighted by molar-refractivity contribution is 9.09. The zero-order valence-electron chi connectivity index (χ0n) is 10.4. The van der Waals surface area contributed by atoms with Crippen molar-refractivity contribution in [1.82, 2.24) is 0 Å². The second-order valence-electron chi connectivity index (χ2n) is 4.69. The highest BCUT2D eigenvalue weighted by Gasteiger charge is 2.13. The van der Waals surface area contributed by atoms with E-state index in [1.165, 1.54) is 0 Å². The first kappa shape index (κ1) is 14.2. The van der Waals surface area contributed by atoms with Crippen LogP contribution in [0, 0.1) is 0 Å². The van der Waals surface area contributed by atoms with Gasteiger partial charge in [0.15, 0.2) is 0 Å². The number of fused-ring (bicyclic) bond motifs is 3. The number of alkyl halides is 1. The maximum Gasteiger partial charge on any atom is 0.0893 e. The van der Waals surface area contributed by atoms with Gasteiger partial charge in [-0.1, -0.05) is 51.3 Å². The molecule has 0 heterocycles. The summed E-state index contributed by atoms with van der Waals surface area (Å²) in [7, 11) is 0. The quantitative estimate of drug-likeness (QED) is 0.451. The van der Waals surface area contributed by atoms with Crippen molar-refractivity contribution in [2.24, 2.45) is 0 Å². The van der Waals surface area contributed by atoms with Crippen molar-refractivity contribution in [2.75, 3.05) is 5.33 Å². The molecule has 0 unspecified atom stereocenters. The van der Waals surface area contributed by atoms with Gasteiger partial charge in [0.05, 0.1) is 6.10 Å². The summed E-state index contributed by atoms with van der Waals surface area (Å²) in [5.74, 6) is 0. The lowest BCUT2D eigenvalue weighted by Crippen LogP contribution is -1.99. The van der Waals surface area contributed by atoms with Gasteiger partial charge in [-0.05, 0) is 57.4 Å². The first-order valence-corrected chi connectivity index (χ1v) is 8.03. The topological polar surface area (TPSA) is 20.2 Å². The third kappa shape index (κ3) is 2.42. The number of aliphatic hydroxyl groups excluding tert-OH is 1. The molecular weight excluding hydrogens is 359 g/mol. The van der Waals surface area contributed by atoms with Gasteiger partial charge in [-0.25, -0.2) is 0 Å². The molecule has 1 nitrogen and oxygen atoms in total. The zero-order valence-corrected chi connectivity index (χ0v) is 13.5. The predicted molar refractivity (Wildman–Crippen MR) is 90.2 cm³/mol. The highest BCUT2D eigenvalue weighted by Crippen LogP contribution is 2.35. The second kappa shape index (κ2) is 5.53. The molecule has 0 bridgehead atoms. The van der Waals surface area contributed by atoms with E-state index in [1.807, 2.05) is 42.5 Å². The molecule has 102 valence electrons. The molecule has 0 saturated heterocycles.